The SMILES string of the molecule is CCCn1cc(S(=O)(=O)N(C)CC2CC2)cc1CO. The molecule has 0 radical (unpaired) electrons. The van der Waals surface area contributed by atoms with E-state index in [1.165, 1.54) is 4.31 Å². The lowest BCUT2D eigenvalue weighted by atomic mass is 10.4. The fourth-order valence-electron chi connectivity index (χ4n) is 2.19. The highest BCUT2D eigenvalue weighted by Crippen LogP contribution is 2.31. The summed E-state index contributed by atoms with van der Waals surface area (Å²) >= 11 is 0. The maximum atomic E-state index is 12.4. The minimum Gasteiger partial charge on any atom is -0.390 e. The van der Waals surface area contributed by atoms with Gasteiger partial charge in [0.15, 0.2) is 0 Å². The molecule has 1 fully saturated rings. The predicted octanol–water partition coefficient (Wildman–Crippen LogP) is 1.42. The second-order valence-electron chi connectivity index (χ2n) is 5.25. The molecule has 0 unspecified atom stereocenters. The molecule has 1 N–H and O–H groups in total. The molecule has 0 spiro atoms. The highest BCUT2D eigenvalue weighted by Gasteiger charge is 2.30. The van der Waals surface area contributed by atoms with Gasteiger partial charge in [-0.3, -0.25) is 0 Å². The molecule has 1 aromatic heterocycles. The molecule has 1 aromatic rings. The number of aliphatic hydroxyl groups is 1. The zero-order chi connectivity index (χ0) is 14.0. The number of rotatable bonds is 7. The number of aliphatic hydroxyl groups excluding tert-OH is 1. The maximum Gasteiger partial charge on any atom is 0.244 e. The van der Waals surface area contributed by atoms with Crippen molar-refractivity contribution in [1.82, 2.24) is 8.87 Å². The smallest absolute Gasteiger partial charge is 0.244 e. The summed E-state index contributed by atoms with van der Waals surface area (Å²) in [4.78, 5) is 0.285. The van der Waals surface area contributed by atoms with E-state index in [4.69, 9.17) is 0 Å². The van der Waals surface area contributed by atoms with Gasteiger partial charge in [0.1, 0.15) is 4.90 Å². The molecule has 19 heavy (non-hydrogen) atoms. The molecule has 1 heterocycles. The van der Waals surface area contributed by atoms with E-state index in [2.05, 4.69) is 0 Å². The van der Waals surface area contributed by atoms with Gasteiger partial charge in [-0.25, -0.2) is 12.7 Å². The Labute approximate surface area is 114 Å². The average molecular weight is 286 g/mol. The van der Waals surface area contributed by atoms with Gasteiger partial charge < -0.3 is 9.67 Å². The zero-order valence-corrected chi connectivity index (χ0v) is 12.4. The van der Waals surface area contributed by atoms with Crippen molar-refractivity contribution in [3.05, 3.63) is 18.0 Å². The summed E-state index contributed by atoms with van der Waals surface area (Å²) in [5, 5.41) is 9.29. The molecule has 0 aromatic carbocycles. The second-order valence-corrected chi connectivity index (χ2v) is 7.29. The summed E-state index contributed by atoms with van der Waals surface area (Å²) in [6.45, 7) is 3.20. The van der Waals surface area contributed by atoms with Crippen LogP contribution in [0.4, 0.5) is 0 Å². The Hall–Kier alpha value is -0.850. The third-order valence-corrected chi connectivity index (χ3v) is 5.30. The molecule has 0 saturated heterocycles. The van der Waals surface area contributed by atoms with E-state index in [-0.39, 0.29) is 11.5 Å². The number of aromatic nitrogens is 1. The zero-order valence-electron chi connectivity index (χ0n) is 11.5. The van der Waals surface area contributed by atoms with Crippen LogP contribution in [0, 0.1) is 5.92 Å². The Morgan fingerprint density at radius 1 is 1.47 bits per heavy atom. The number of sulfonamides is 1. The highest BCUT2D eigenvalue weighted by atomic mass is 32.2. The third-order valence-electron chi connectivity index (χ3n) is 3.51. The molecular formula is C13H22N2O3S. The van der Waals surface area contributed by atoms with Crippen molar-refractivity contribution in [2.45, 2.75) is 44.2 Å². The van der Waals surface area contributed by atoms with Crippen molar-refractivity contribution in [1.29, 1.82) is 0 Å². The van der Waals surface area contributed by atoms with E-state index in [1.54, 1.807) is 19.3 Å². The van der Waals surface area contributed by atoms with Gasteiger partial charge in [0.2, 0.25) is 10.0 Å². The molecule has 5 nitrogen and oxygen atoms in total. The lowest BCUT2D eigenvalue weighted by molar-refractivity contribution is 0.270. The van der Waals surface area contributed by atoms with Crippen LogP contribution in [-0.2, 0) is 23.2 Å². The van der Waals surface area contributed by atoms with E-state index in [0.29, 0.717) is 18.2 Å². The van der Waals surface area contributed by atoms with Crippen molar-refractivity contribution in [3.8, 4) is 0 Å². The van der Waals surface area contributed by atoms with Crippen molar-refractivity contribution >= 4 is 10.0 Å². The predicted molar refractivity (Wildman–Crippen MR) is 73.2 cm³/mol. The first-order valence-electron chi connectivity index (χ1n) is 6.75. The van der Waals surface area contributed by atoms with Crippen LogP contribution in [0.15, 0.2) is 17.2 Å². The summed E-state index contributed by atoms with van der Waals surface area (Å²) in [6, 6.07) is 1.58. The van der Waals surface area contributed by atoms with E-state index in [0.717, 1.165) is 25.8 Å². The van der Waals surface area contributed by atoms with E-state index in [1.807, 2.05) is 11.5 Å². The fraction of sp³-hybridized carbons (Fsp3) is 0.692. The van der Waals surface area contributed by atoms with Gasteiger partial charge in [-0.05, 0) is 31.2 Å². The summed E-state index contributed by atoms with van der Waals surface area (Å²) in [5.74, 6) is 0.523. The maximum absolute atomic E-state index is 12.4. The van der Waals surface area contributed by atoms with E-state index >= 15 is 0 Å². The van der Waals surface area contributed by atoms with Crippen LogP contribution >= 0.6 is 0 Å². The van der Waals surface area contributed by atoms with Gasteiger partial charge in [-0.1, -0.05) is 6.92 Å². The standard InChI is InChI=1S/C13H22N2O3S/c1-3-6-15-9-13(7-12(15)10-16)19(17,18)14(2)8-11-4-5-11/h7,9,11,16H,3-6,8,10H2,1-2H3. The molecule has 2 rings (SSSR count). The van der Waals surface area contributed by atoms with Crippen LogP contribution in [0.25, 0.3) is 0 Å². The number of nitrogens with zero attached hydrogens (tertiary/aromatic N) is 2. The number of hydrogen-bond acceptors (Lipinski definition) is 3. The van der Waals surface area contributed by atoms with Crippen LogP contribution < -0.4 is 0 Å². The Bertz CT molecular complexity index is 532. The highest BCUT2D eigenvalue weighted by molar-refractivity contribution is 7.89. The molecule has 0 amide bonds. The Morgan fingerprint density at radius 2 is 2.16 bits per heavy atom. The molecule has 1 saturated carbocycles. The van der Waals surface area contributed by atoms with Gasteiger partial charge in [0.05, 0.1) is 6.61 Å². The minimum atomic E-state index is -3.42. The first-order chi connectivity index (χ1) is 8.98. The van der Waals surface area contributed by atoms with Gasteiger partial charge in [-0.15, -0.1) is 0 Å². The van der Waals surface area contributed by atoms with Crippen LogP contribution in [-0.4, -0.2) is 36.0 Å². The molecule has 0 bridgehead atoms. The topological polar surface area (TPSA) is 62.5 Å². The summed E-state index contributed by atoms with van der Waals surface area (Å²) in [5.41, 5.74) is 0.653. The first-order valence-corrected chi connectivity index (χ1v) is 8.19. The van der Waals surface area contributed by atoms with Gasteiger partial charge in [-0.2, -0.15) is 0 Å². The quantitative estimate of drug-likeness (QED) is 0.824. The Morgan fingerprint density at radius 3 is 2.68 bits per heavy atom. The molecule has 0 atom stereocenters. The lowest BCUT2D eigenvalue weighted by Gasteiger charge is -2.15. The van der Waals surface area contributed by atoms with Gasteiger partial charge >= 0.3 is 0 Å². The number of aryl methyl sites for hydroxylation is 1. The summed E-state index contributed by atoms with van der Waals surface area (Å²) < 4.78 is 28.1. The van der Waals surface area contributed by atoms with Crippen LogP contribution in [0.2, 0.25) is 0 Å². The Balaban J connectivity index is 2.23. The molecule has 1 aliphatic rings. The first kappa shape index (κ1) is 14.6. The van der Waals surface area contributed by atoms with Crippen molar-refractivity contribution < 1.29 is 13.5 Å². The average Bonchev–Trinajstić information content (AvgIpc) is 3.07. The fourth-order valence-corrected chi connectivity index (χ4v) is 3.50. The van der Waals surface area contributed by atoms with Crippen LogP contribution in [0.3, 0.4) is 0 Å². The van der Waals surface area contributed by atoms with Gasteiger partial charge in [0, 0.05) is 32.0 Å². The molecule has 1 aliphatic carbocycles. The van der Waals surface area contributed by atoms with Crippen molar-refractivity contribution in [3.63, 3.8) is 0 Å². The van der Waals surface area contributed by atoms with Crippen molar-refractivity contribution in [2.75, 3.05) is 13.6 Å². The lowest BCUT2D eigenvalue weighted by Crippen LogP contribution is -2.28. The monoisotopic (exact) mass is 286 g/mol. The summed E-state index contributed by atoms with van der Waals surface area (Å²) in [6.07, 6.45) is 4.78. The molecule has 108 valence electrons. The third kappa shape index (κ3) is 3.19. The van der Waals surface area contributed by atoms with Crippen LogP contribution in [0.1, 0.15) is 31.9 Å². The van der Waals surface area contributed by atoms with E-state index in [9.17, 15) is 13.5 Å². The number of hydrogen-bond donors (Lipinski definition) is 1. The molecule has 6 heteroatoms. The van der Waals surface area contributed by atoms with Gasteiger partial charge in [0.25, 0.3) is 0 Å². The summed E-state index contributed by atoms with van der Waals surface area (Å²) in [7, 11) is -1.79. The van der Waals surface area contributed by atoms with Crippen LogP contribution in [0.5, 0.6) is 0 Å². The largest absolute Gasteiger partial charge is 0.390 e. The molecule has 0 aliphatic heterocycles. The second kappa shape index (κ2) is 5.64. The molecular weight excluding hydrogens is 264 g/mol. The Kier molecular flexibility index (Phi) is 4.32. The normalized spacial score (nSPS) is 16.2. The minimum absolute atomic E-state index is 0.137. The van der Waals surface area contributed by atoms with Crippen molar-refractivity contribution in [2.24, 2.45) is 5.92 Å². The van der Waals surface area contributed by atoms with E-state index < -0.39 is 10.0 Å².